The first-order valence-corrected chi connectivity index (χ1v) is 7.34. The summed E-state index contributed by atoms with van der Waals surface area (Å²) >= 11 is 0. The molecule has 1 aromatic carbocycles. The van der Waals surface area contributed by atoms with E-state index in [-0.39, 0.29) is 6.04 Å². The molecule has 1 atom stereocenters. The molecule has 4 heteroatoms. The zero-order chi connectivity index (χ0) is 15.1. The van der Waals surface area contributed by atoms with Crippen molar-refractivity contribution in [2.45, 2.75) is 40.2 Å². The molecule has 2 heterocycles. The summed E-state index contributed by atoms with van der Waals surface area (Å²) in [4.78, 5) is 4.73. The van der Waals surface area contributed by atoms with Gasteiger partial charge < -0.3 is 14.7 Å². The van der Waals surface area contributed by atoms with E-state index in [9.17, 15) is 0 Å². The molecule has 0 aliphatic heterocycles. The summed E-state index contributed by atoms with van der Waals surface area (Å²) in [6.07, 6.45) is 0.884. The molecule has 110 valence electrons. The Morgan fingerprint density at radius 1 is 1.29 bits per heavy atom. The van der Waals surface area contributed by atoms with Crippen molar-refractivity contribution in [2.24, 2.45) is 0 Å². The van der Waals surface area contributed by atoms with Gasteiger partial charge in [0.05, 0.1) is 17.1 Å². The van der Waals surface area contributed by atoms with Crippen molar-refractivity contribution in [3.8, 4) is 0 Å². The first-order valence-electron chi connectivity index (χ1n) is 7.34. The highest BCUT2D eigenvalue weighted by molar-refractivity contribution is 5.80. The van der Waals surface area contributed by atoms with E-state index in [4.69, 9.17) is 15.1 Å². The van der Waals surface area contributed by atoms with Crippen LogP contribution < -0.4 is 5.73 Å². The normalized spacial score (nSPS) is 13.0. The van der Waals surface area contributed by atoms with Gasteiger partial charge in [0.15, 0.2) is 0 Å². The van der Waals surface area contributed by atoms with Crippen molar-refractivity contribution < 1.29 is 4.42 Å². The number of aryl methyl sites for hydroxylation is 3. The summed E-state index contributed by atoms with van der Waals surface area (Å²) in [5.41, 5.74) is 9.90. The predicted octanol–water partition coefficient (Wildman–Crippen LogP) is 4.00. The van der Waals surface area contributed by atoms with Gasteiger partial charge in [0, 0.05) is 17.7 Å². The predicted molar refractivity (Wildman–Crippen MR) is 85.5 cm³/mol. The highest BCUT2D eigenvalue weighted by atomic mass is 16.3. The van der Waals surface area contributed by atoms with Crippen molar-refractivity contribution >= 4 is 16.7 Å². The summed E-state index contributed by atoms with van der Waals surface area (Å²) < 4.78 is 7.97. The van der Waals surface area contributed by atoms with Gasteiger partial charge in [-0.25, -0.2) is 4.98 Å². The molecule has 0 fully saturated rings. The third-order valence-corrected chi connectivity index (χ3v) is 4.02. The van der Waals surface area contributed by atoms with Crippen LogP contribution in [-0.2, 0) is 6.42 Å². The van der Waals surface area contributed by atoms with E-state index in [1.54, 1.807) is 0 Å². The van der Waals surface area contributed by atoms with E-state index < -0.39 is 0 Å². The van der Waals surface area contributed by atoms with Crippen LogP contribution in [0.25, 0.3) is 11.0 Å². The van der Waals surface area contributed by atoms with Crippen LogP contribution in [0.3, 0.4) is 0 Å². The fraction of sp³-hybridized carbons (Fsp3) is 0.353. The molecule has 0 radical (unpaired) electrons. The number of furan rings is 1. The highest BCUT2D eigenvalue weighted by Crippen LogP contribution is 2.30. The maximum atomic E-state index is 5.88. The van der Waals surface area contributed by atoms with Crippen LogP contribution in [-0.4, -0.2) is 9.55 Å². The van der Waals surface area contributed by atoms with Gasteiger partial charge in [-0.15, -0.1) is 0 Å². The largest absolute Gasteiger partial charge is 0.466 e. The summed E-state index contributed by atoms with van der Waals surface area (Å²) in [7, 11) is 0. The van der Waals surface area contributed by atoms with Crippen LogP contribution >= 0.6 is 0 Å². The molecule has 0 bridgehead atoms. The number of fused-ring (bicyclic) bond motifs is 1. The second-order valence-electron chi connectivity index (χ2n) is 5.54. The first kappa shape index (κ1) is 13.7. The van der Waals surface area contributed by atoms with Gasteiger partial charge >= 0.3 is 0 Å². The molecule has 1 unspecified atom stereocenters. The fourth-order valence-corrected chi connectivity index (χ4v) is 3.05. The first-order chi connectivity index (χ1) is 10.0. The zero-order valence-corrected chi connectivity index (χ0v) is 13.0. The second-order valence-corrected chi connectivity index (χ2v) is 5.54. The summed E-state index contributed by atoms with van der Waals surface area (Å²) in [6, 6.07) is 8.22. The van der Waals surface area contributed by atoms with Crippen molar-refractivity contribution in [3.05, 3.63) is 47.2 Å². The second kappa shape index (κ2) is 4.95. The lowest BCUT2D eigenvalue weighted by Crippen LogP contribution is -2.10. The Hall–Kier alpha value is -2.23. The summed E-state index contributed by atoms with van der Waals surface area (Å²) in [6.45, 7) is 8.31. The fourth-order valence-electron chi connectivity index (χ4n) is 3.05. The van der Waals surface area contributed by atoms with Gasteiger partial charge in [-0.05, 0) is 45.0 Å². The average molecular weight is 283 g/mol. The lowest BCUT2D eigenvalue weighted by atomic mass is 10.1. The number of nitrogens with zero attached hydrogens (tertiary/aromatic N) is 2. The molecule has 0 aliphatic rings. The number of nitrogens with two attached hydrogens (primary N) is 1. The Bertz CT molecular complexity index is 798. The zero-order valence-electron chi connectivity index (χ0n) is 13.0. The Morgan fingerprint density at radius 2 is 2.05 bits per heavy atom. The minimum absolute atomic E-state index is 0.186. The van der Waals surface area contributed by atoms with Crippen LogP contribution in [0.15, 0.2) is 28.7 Å². The van der Waals surface area contributed by atoms with Crippen LogP contribution in [0.4, 0.5) is 5.69 Å². The van der Waals surface area contributed by atoms with Crippen molar-refractivity contribution in [1.29, 1.82) is 0 Å². The van der Waals surface area contributed by atoms with Crippen LogP contribution in [0, 0.1) is 13.8 Å². The molecule has 2 N–H and O–H groups in total. The van der Waals surface area contributed by atoms with Crippen LogP contribution in [0.1, 0.15) is 42.8 Å². The number of hydrogen-bond acceptors (Lipinski definition) is 3. The smallest absolute Gasteiger partial charge is 0.110 e. The molecule has 2 aromatic heterocycles. The molecule has 21 heavy (non-hydrogen) atoms. The Balaban J connectivity index is 2.20. The topological polar surface area (TPSA) is 57.0 Å². The number of benzene rings is 1. The minimum Gasteiger partial charge on any atom is -0.466 e. The number of anilines is 1. The maximum absolute atomic E-state index is 5.88. The number of hydrogen-bond donors (Lipinski definition) is 1. The van der Waals surface area contributed by atoms with Crippen molar-refractivity contribution in [2.75, 3.05) is 5.73 Å². The van der Waals surface area contributed by atoms with Gasteiger partial charge in [-0.3, -0.25) is 0 Å². The molecule has 0 amide bonds. The molecule has 4 nitrogen and oxygen atoms in total. The van der Waals surface area contributed by atoms with Gasteiger partial charge in [0.1, 0.15) is 17.3 Å². The number of nitrogen functional groups attached to an aromatic ring is 1. The van der Waals surface area contributed by atoms with E-state index >= 15 is 0 Å². The van der Waals surface area contributed by atoms with E-state index in [2.05, 4.69) is 30.5 Å². The van der Waals surface area contributed by atoms with E-state index in [0.29, 0.717) is 0 Å². The van der Waals surface area contributed by atoms with E-state index in [1.165, 1.54) is 5.56 Å². The number of rotatable bonds is 3. The SMILES string of the molecule is CCc1nc2cc(N)ccc2n1C(C)c1cc(C)oc1C. The third-order valence-electron chi connectivity index (χ3n) is 4.02. The minimum atomic E-state index is 0.186. The number of aromatic nitrogens is 2. The van der Waals surface area contributed by atoms with Crippen LogP contribution in [0.5, 0.6) is 0 Å². The molecule has 3 aromatic rings. The van der Waals surface area contributed by atoms with Gasteiger partial charge in [0.25, 0.3) is 0 Å². The lowest BCUT2D eigenvalue weighted by molar-refractivity contribution is 0.494. The molecule has 3 rings (SSSR count). The molecular formula is C17H21N3O. The molecular weight excluding hydrogens is 262 g/mol. The Morgan fingerprint density at radius 3 is 2.67 bits per heavy atom. The standard InChI is InChI=1S/C17H21N3O/c1-5-17-19-15-9-13(18)6-7-16(15)20(17)11(3)14-8-10(2)21-12(14)4/h6-9,11H,5,18H2,1-4H3. The number of imidazole rings is 1. The van der Waals surface area contributed by atoms with Crippen molar-refractivity contribution in [1.82, 2.24) is 9.55 Å². The molecule has 0 saturated heterocycles. The van der Waals surface area contributed by atoms with Crippen molar-refractivity contribution in [3.63, 3.8) is 0 Å². The van der Waals surface area contributed by atoms with Gasteiger partial charge in [0.2, 0.25) is 0 Å². The summed E-state index contributed by atoms with van der Waals surface area (Å²) in [5, 5.41) is 0. The maximum Gasteiger partial charge on any atom is 0.110 e. The Labute approximate surface area is 124 Å². The van der Waals surface area contributed by atoms with Crippen LogP contribution in [0.2, 0.25) is 0 Å². The van der Waals surface area contributed by atoms with Gasteiger partial charge in [-0.1, -0.05) is 6.92 Å². The quantitative estimate of drug-likeness (QED) is 0.739. The Kier molecular flexibility index (Phi) is 3.24. The van der Waals surface area contributed by atoms with E-state index in [1.807, 2.05) is 26.0 Å². The monoisotopic (exact) mass is 283 g/mol. The molecule has 0 saturated carbocycles. The highest BCUT2D eigenvalue weighted by Gasteiger charge is 2.19. The third kappa shape index (κ3) is 2.20. The van der Waals surface area contributed by atoms with E-state index in [0.717, 1.165) is 40.5 Å². The molecule has 0 aliphatic carbocycles. The average Bonchev–Trinajstić information content (AvgIpc) is 2.97. The molecule has 0 spiro atoms. The lowest BCUT2D eigenvalue weighted by Gasteiger charge is -2.17. The summed E-state index contributed by atoms with van der Waals surface area (Å²) in [5.74, 6) is 2.99. The van der Waals surface area contributed by atoms with Gasteiger partial charge in [-0.2, -0.15) is 0 Å².